The van der Waals surface area contributed by atoms with Crippen LogP contribution in [0.3, 0.4) is 0 Å². The summed E-state index contributed by atoms with van der Waals surface area (Å²) < 4.78 is 26.7. The highest BCUT2D eigenvalue weighted by Crippen LogP contribution is 2.16. The molecule has 0 spiro atoms. The lowest BCUT2D eigenvalue weighted by Gasteiger charge is -2.08. The number of hydrogen-bond acceptors (Lipinski definition) is 5. The molecule has 7 heteroatoms. The van der Waals surface area contributed by atoms with Crippen LogP contribution >= 0.6 is 0 Å². The molecule has 1 aromatic heterocycles. The third-order valence-corrected chi connectivity index (χ3v) is 3.94. The molecule has 0 saturated heterocycles. The number of nitrogens with zero attached hydrogens (tertiary/aromatic N) is 2. The van der Waals surface area contributed by atoms with E-state index in [1.807, 2.05) is 6.07 Å². The van der Waals surface area contributed by atoms with Crippen molar-refractivity contribution in [3.63, 3.8) is 0 Å². The Morgan fingerprint density at radius 3 is 2.35 bits per heavy atom. The summed E-state index contributed by atoms with van der Waals surface area (Å²) in [7, 11) is -1.98. The van der Waals surface area contributed by atoms with Gasteiger partial charge in [0.2, 0.25) is 0 Å². The number of rotatable bonds is 4. The molecule has 0 radical (unpaired) electrons. The van der Waals surface area contributed by atoms with Crippen LogP contribution in [-0.4, -0.2) is 20.4 Å². The quantitative estimate of drug-likeness (QED) is 0.894. The van der Waals surface area contributed by atoms with Crippen molar-refractivity contribution < 1.29 is 8.42 Å². The van der Waals surface area contributed by atoms with Gasteiger partial charge in [-0.05, 0) is 36.4 Å². The van der Waals surface area contributed by atoms with Crippen LogP contribution in [0.1, 0.15) is 5.56 Å². The second-order valence-corrected chi connectivity index (χ2v) is 5.61. The fourth-order valence-electron chi connectivity index (χ4n) is 1.51. The van der Waals surface area contributed by atoms with Crippen LogP contribution in [0.4, 0.5) is 11.5 Å². The molecule has 0 unspecified atom stereocenters. The molecular formula is C13H12N4O2S. The van der Waals surface area contributed by atoms with Crippen molar-refractivity contribution in [2.75, 3.05) is 17.1 Å². The fraction of sp³-hybridized carbons (Fsp3) is 0.0769. The molecule has 2 rings (SSSR count). The van der Waals surface area contributed by atoms with Gasteiger partial charge in [-0.1, -0.05) is 0 Å². The van der Waals surface area contributed by atoms with Crippen LogP contribution in [0.25, 0.3) is 0 Å². The van der Waals surface area contributed by atoms with E-state index in [1.165, 1.54) is 24.4 Å². The number of aromatic nitrogens is 1. The molecule has 102 valence electrons. The maximum atomic E-state index is 12.1. The van der Waals surface area contributed by atoms with E-state index in [1.54, 1.807) is 25.2 Å². The maximum Gasteiger partial charge on any atom is 0.263 e. The number of anilines is 2. The topological polar surface area (TPSA) is 94.9 Å². The number of benzene rings is 1. The monoisotopic (exact) mass is 288 g/mol. The Labute approximate surface area is 117 Å². The van der Waals surface area contributed by atoms with Crippen molar-refractivity contribution in [2.45, 2.75) is 4.90 Å². The van der Waals surface area contributed by atoms with Gasteiger partial charge in [0, 0.05) is 18.9 Å². The van der Waals surface area contributed by atoms with E-state index in [0.717, 1.165) is 0 Å². The Hall–Kier alpha value is -2.59. The Balaban J connectivity index is 2.23. The molecule has 0 aliphatic heterocycles. The van der Waals surface area contributed by atoms with Crippen LogP contribution in [0, 0.1) is 11.3 Å². The van der Waals surface area contributed by atoms with Gasteiger partial charge in [0.15, 0.2) is 0 Å². The van der Waals surface area contributed by atoms with E-state index in [-0.39, 0.29) is 4.90 Å². The molecule has 6 nitrogen and oxygen atoms in total. The molecule has 0 fully saturated rings. The molecule has 0 saturated carbocycles. The first-order valence-corrected chi connectivity index (χ1v) is 7.20. The van der Waals surface area contributed by atoms with Crippen molar-refractivity contribution in [3.8, 4) is 6.07 Å². The molecule has 2 aromatic rings. The maximum absolute atomic E-state index is 12.1. The minimum absolute atomic E-state index is 0.0702. The summed E-state index contributed by atoms with van der Waals surface area (Å²) >= 11 is 0. The second kappa shape index (κ2) is 5.59. The summed E-state index contributed by atoms with van der Waals surface area (Å²) in [6.45, 7) is 0. The standard InChI is InChI=1S/C13H12N4O2S/c1-15-13-7-6-12(9-16-13)20(18,19)17-11-4-2-10(8-14)3-5-11/h2-7,9,17H,1H3,(H,15,16). The highest BCUT2D eigenvalue weighted by atomic mass is 32.2. The summed E-state index contributed by atoms with van der Waals surface area (Å²) in [4.78, 5) is 4.03. The van der Waals surface area contributed by atoms with E-state index in [0.29, 0.717) is 17.1 Å². The van der Waals surface area contributed by atoms with Gasteiger partial charge in [0.1, 0.15) is 10.7 Å². The zero-order chi connectivity index (χ0) is 14.6. The van der Waals surface area contributed by atoms with Crippen LogP contribution in [0.2, 0.25) is 0 Å². The average molecular weight is 288 g/mol. The normalized spacial score (nSPS) is 10.6. The van der Waals surface area contributed by atoms with Gasteiger partial charge in [-0.15, -0.1) is 0 Å². The van der Waals surface area contributed by atoms with Gasteiger partial charge >= 0.3 is 0 Å². The third-order valence-electron chi connectivity index (χ3n) is 2.57. The molecule has 0 aliphatic carbocycles. The minimum Gasteiger partial charge on any atom is -0.373 e. The first-order chi connectivity index (χ1) is 9.55. The summed E-state index contributed by atoms with van der Waals surface area (Å²) in [6.07, 6.45) is 1.28. The second-order valence-electron chi connectivity index (χ2n) is 3.92. The summed E-state index contributed by atoms with van der Waals surface area (Å²) in [6, 6.07) is 11.2. The van der Waals surface area contributed by atoms with Crippen molar-refractivity contribution >= 4 is 21.5 Å². The number of pyridine rings is 1. The first kappa shape index (κ1) is 13.8. The minimum atomic E-state index is -3.68. The Kier molecular flexibility index (Phi) is 3.86. The van der Waals surface area contributed by atoms with E-state index in [2.05, 4.69) is 15.0 Å². The van der Waals surface area contributed by atoms with E-state index >= 15 is 0 Å². The lowest BCUT2D eigenvalue weighted by atomic mass is 10.2. The molecule has 1 aromatic carbocycles. The van der Waals surface area contributed by atoms with Crippen molar-refractivity contribution in [1.29, 1.82) is 5.26 Å². The predicted molar refractivity (Wildman–Crippen MR) is 75.7 cm³/mol. The SMILES string of the molecule is CNc1ccc(S(=O)(=O)Nc2ccc(C#N)cc2)cn1. The van der Waals surface area contributed by atoms with Crippen LogP contribution < -0.4 is 10.0 Å². The van der Waals surface area contributed by atoms with Crippen LogP contribution in [-0.2, 0) is 10.0 Å². The Bertz CT molecular complexity index is 731. The predicted octanol–water partition coefficient (Wildman–Crippen LogP) is 1.80. The van der Waals surface area contributed by atoms with Crippen LogP contribution in [0.5, 0.6) is 0 Å². The molecule has 0 atom stereocenters. The lowest BCUT2D eigenvalue weighted by Crippen LogP contribution is -2.13. The highest BCUT2D eigenvalue weighted by molar-refractivity contribution is 7.92. The number of hydrogen-bond donors (Lipinski definition) is 2. The third kappa shape index (κ3) is 3.05. The first-order valence-electron chi connectivity index (χ1n) is 5.72. The van der Waals surface area contributed by atoms with Crippen molar-refractivity contribution in [3.05, 3.63) is 48.2 Å². The molecular weight excluding hydrogens is 276 g/mol. The molecule has 2 N–H and O–H groups in total. The number of nitrogens with one attached hydrogen (secondary N) is 2. The zero-order valence-electron chi connectivity index (χ0n) is 10.7. The average Bonchev–Trinajstić information content (AvgIpc) is 2.48. The molecule has 0 amide bonds. The van der Waals surface area contributed by atoms with Gasteiger partial charge in [0.05, 0.1) is 11.6 Å². The van der Waals surface area contributed by atoms with Gasteiger partial charge in [-0.3, -0.25) is 4.72 Å². The number of sulfonamides is 1. The fourth-order valence-corrected chi connectivity index (χ4v) is 2.52. The molecule has 0 bridgehead atoms. The van der Waals surface area contributed by atoms with E-state index < -0.39 is 10.0 Å². The van der Waals surface area contributed by atoms with Gasteiger partial charge in [-0.2, -0.15) is 5.26 Å². The van der Waals surface area contributed by atoms with Gasteiger partial charge < -0.3 is 5.32 Å². The molecule has 1 heterocycles. The van der Waals surface area contributed by atoms with E-state index in [9.17, 15) is 8.42 Å². The molecule has 0 aliphatic rings. The summed E-state index contributed by atoms with van der Waals surface area (Å²) in [5, 5.41) is 11.5. The van der Waals surface area contributed by atoms with Gasteiger partial charge in [-0.25, -0.2) is 13.4 Å². The summed E-state index contributed by atoms with van der Waals surface area (Å²) in [5.74, 6) is 0.585. The van der Waals surface area contributed by atoms with Crippen LogP contribution in [0.15, 0.2) is 47.5 Å². The number of nitriles is 1. The summed E-state index contributed by atoms with van der Waals surface area (Å²) in [5.41, 5.74) is 0.856. The van der Waals surface area contributed by atoms with Crippen molar-refractivity contribution in [1.82, 2.24) is 4.98 Å². The molecule has 20 heavy (non-hydrogen) atoms. The van der Waals surface area contributed by atoms with Gasteiger partial charge in [0.25, 0.3) is 10.0 Å². The van der Waals surface area contributed by atoms with E-state index in [4.69, 9.17) is 5.26 Å². The highest BCUT2D eigenvalue weighted by Gasteiger charge is 2.14. The smallest absolute Gasteiger partial charge is 0.263 e. The Morgan fingerprint density at radius 1 is 1.15 bits per heavy atom. The lowest BCUT2D eigenvalue weighted by molar-refractivity contribution is 0.601. The largest absolute Gasteiger partial charge is 0.373 e. The zero-order valence-corrected chi connectivity index (χ0v) is 11.5. The Morgan fingerprint density at radius 2 is 1.85 bits per heavy atom. The van der Waals surface area contributed by atoms with Crippen molar-refractivity contribution in [2.24, 2.45) is 0 Å².